The maximum absolute atomic E-state index is 4.48. The molecular weight excluding hydrogens is 228 g/mol. The van der Waals surface area contributed by atoms with Gasteiger partial charge in [0.2, 0.25) is 5.95 Å². The van der Waals surface area contributed by atoms with Crippen LogP contribution in [0.25, 0.3) is 11.2 Å². The number of nitrogens with zero attached hydrogens (tertiary/aromatic N) is 5. The fourth-order valence-electron chi connectivity index (χ4n) is 1.97. The molecule has 2 aromatic heterocycles. The highest BCUT2D eigenvalue weighted by atomic mass is 15.2. The summed E-state index contributed by atoms with van der Waals surface area (Å²) in [5.74, 6) is 1.63. The molecule has 18 heavy (non-hydrogen) atoms. The number of aromatic nitrogens is 4. The molecule has 6 heteroatoms. The summed E-state index contributed by atoms with van der Waals surface area (Å²) in [5, 5.41) is 2.96. The Morgan fingerprint density at radius 1 is 1.33 bits per heavy atom. The lowest BCUT2D eigenvalue weighted by Crippen LogP contribution is -2.15. The first-order chi connectivity index (χ1) is 8.61. The molecule has 6 nitrogen and oxygen atoms in total. The van der Waals surface area contributed by atoms with E-state index < -0.39 is 0 Å². The van der Waals surface area contributed by atoms with Crippen LogP contribution >= 0.6 is 0 Å². The third-order valence-electron chi connectivity index (χ3n) is 2.89. The van der Waals surface area contributed by atoms with Crippen molar-refractivity contribution in [3.63, 3.8) is 0 Å². The van der Waals surface area contributed by atoms with Crippen molar-refractivity contribution in [1.29, 1.82) is 0 Å². The zero-order valence-electron chi connectivity index (χ0n) is 11.4. The molecule has 0 amide bonds. The molecule has 0 aliphatic rings. The maximum atomic E-state index is 4.48. The zero-order chi connectivity index (χ0) is 13.1. The van der Waals surface area contributed by atoms with Gasteiger partial charge in [-0.2, -0.15) is 4.98 Å². The molecule has 0 radical (unpaired) electrons. The summed E-state index contributed by atoms with van der Waals surface area (Å²) >= 11 is 0. The van der Waals surface area contributed by atoms with Crippen LogP contribution in [0.4, 0.5) is 5.95 Å². The van der Waals surface area contributed by atoms with Crippen LogP contribution < -0.4 is 5.32 Å². The molecule has 0 unspecified atom stereocenters. The van der Waals surface area contributed by atoms with Crippen molar-refractivity contribution in [3.05, 3.63) is 12.0 Å². The van der Waals surface area contributed by atoms with E-state index in [9.17, 15) is 0 Å². The minimum atomic E-state index is 0.635. The Hall–Kier alpha value is -1.69. The van der Waals surface area contributed by atoms with Crippen molar-refractivity contribution >= 4 is 17.1 Å². The number of hydrogen-bond acceptors (Lipinski definition) is 5. The second kappa shape index (κ2) is 5.30. The van der Waals surface area contributed by atoms with Crippen LogP contribution in [0.5, 0.6) is 0 Å². The molecule has 0 spiro atoms. The monoisotopic (exact) mass is 248 g/mol. The summed E-state index contributed by atoms with van der Waals surface area (Å²) < 4.78 is 2.15. The lowest BCUT2D eigenvalue weighted by Gasteiger charge is -2.10. The first-order valence-electron chi connectivity index (χ1n) is 6.14. The number of anilines is 1. The van der Waals surface area contributed by atoms with Crippen molar-refractivity contribution in [1.82, 2.24) is 24.4 Å². The fraction of sp³-hybridized carbons (Fsp3) is 0.583. The van der Waals surface area contributed by atoms with Crippen molar-refractivity contribution in [3.8, 4) is 0 Å². The SMILES string of the molecule is CNc1ncc2nc(C)n(CCCN(C)C)c2n1. The lowest BCUT2D eigenvalue weighted by atomic mass is 10.4. The third kappa shape index (κ3) is 2.59. The number of fused-ring (bicyclic) bond motifs is 1. The van der Waals surface area contributed by atoms with Crippen molar-refractivity contribution in [2.24, 2.45) is 0 Å². The van der Waals surface area contributed by atoms with Gasteiger partial charge in [-0.05, 0) is 34.0 Å². The molecule has 2 heterocycles. The Morgan fingerprint density at radius 2 is 2.11 bits per heavy atom. The van der Waals surface area contributed by atoms with E-state index in [4.69, 9.17) is 0 Å². The first-order valence-corrected chi connectivity index (χ1v) is 6.14. The normalized spacial score (nSPS) is 11.4. The van der Waals surface area contributed by atoms with Crippen molar-refractivity contribution in [2.75, 3.05) is 33.0 Å². The van der Waals surface area contributed by atoms with Gasteiger partial charge in [0.15, 0.2) is 5.65 Å². The van der Waals surface area contributed by atoms with Gasteiger partial charge in [-0.3, -0.25) is 0 Å². The van der Waals surface area contributed by atoms with Crippen LogP contribution in [0, 0.1) is 6.92 Å². The first kappa shape index (κ1) is 12.8. The largest absolute Gasteiger partial charge is 0.357 e. The van der Waals surface area contributed by atoms with E-state index >= 15 is 0 Å². The summed E-state index contributed by atoms with van der Waals surface area (Å²) in [6.07, 6.45) is 2.85. The van der Waals surface area contributed by atoms with Gasteiger partial charge < -0.3 is 14.8 Å². The fourth-order valence-corrected chi connectivity index (χ4v) is 1.97. The standard InChI is InChI=1S/C12H20N6/c1-9-15-10-8-14-12(13-2)16-11(10)18(9)7-5-6-17(3)4/h8H,5-7H2,1-4H3,(H,13,14,16). The summed E-state index contributed by atoms with van der Waals surface area (Å²) in [7, 11) is 5.99. The molecule has 0 atom stereocenters. The van der Waals surface area contributed by atoms with E-state index in [1.165, 1.54) is 0 Å². The van der Waals surface area contributed by atoms with Gasteiger partial charge in [0.1, 0.15) is 11.3 Å². The van der Waals surface area contributed by atoms with Gasteiger partial charge in [-0.15, -0.1) is 0 Å². The van der Waals surface area contributed by atoms with E-state index in [1.807, 2.05) is 14.0 Å². The van der Waals surface area contributed by atoms with E-state index in [0.717, 1.165) is 36.5 Å². The van der Waals surface area contributed by atoms with Crippen LogP contribution in [0.1, 0.15) is 12.2 Å². The average molecular weight is 248 g/mol. The Kier molecular flexibility index (Phi) is 3.76. The lowest BCUT2D eigenvalue weighted by molar-refractivity contribution is 0.386. The second-order valence-corrected chi connectivity index (χ2v) is 4.62. The van der Waals surface area contributed by atoms with E-state index in [2.05, 4.69) is 43.8 Å². The molecule has 0 fully saturated rings. The number of nitrogens with one attached hydrogen (secondary N) is 1. The summed E-state index contributed by atoms with van der Waals surface area (Å²) in [6, 6.07) is 0. The average Bonchev–Trinajstić information content (AvgIpc) is 2.64. The quantitative estimate of drug-likeness (QED) is 0.859. The van der Waals surface area contributed by atoms with Gasteiger partial charge in [-0.25, -0.2) is 9.97 Å². The molecule has 0 saturated heterocycles. The topological polar surface area (TPSA) is 58.9 Å². The molecule has 0 saturated carbocycles. The smallest absolute Gasteiger partial charge is 0.224 e. The number of rotatable bonds is 5. The molecule has 1 N–H and O–H groups in total. The molecule has 0 aliphatic carbocycles. The molecule has 0 bridgehead atoms. The summed E-state index contributed by atoms with van der Waals surface area (Å²) in [6.45, 7) is 4.00. The highest BCUT2D eigenvalue weighted by Gasteiger charge is 2.09. The number of hydrogen-bond donors (Lipinski definition) is 1. The van der Waals surface area contributed by atoms with Gasteiger partial charge in [0.05, 0.1) is 6.20 Å². The van der Waals surface area contributed by atoms with Gasteiger partial charge in [0.25, 0.3) is 0 Å². The highest BCUT2D eigenvalue weighted by molar-refractivity contribution is 5.71. The van der Waals surface area contributed by atoms with Crippen LogP contribution in [0.3, 0.4) is 0 Å². The van der Waals surface area contributed by atoms with E-state index in [1.54, 1.807) is 6.20 Å². The zero-order valence-corrected chi connectivity index (χ0v) is 11.4. The van der Waals surface area contributed by atoms with Gasteiger partial charge >= 0.3 is 0 Å². The van der Waals surface area contributed by atoms with E-state index in [0.29, 0.717) is 5.95 Å². The van der Waals surface area contributed by atoms with Crippen molar-refractivity contribution < 1.29 is 0 Å². The van der Waals surface area contributed by atoms with Gasteiger partial charge in [-0.1, -0.05) is 0 Å². The van der Waals surface area contributed by atoms with Crippen LogP contribution in [-0.4, -0.2) is 52.1 Å². The molecule has 2 aromatic rings. The minimum absolute atomic E-state index is 0.635. The van der Waals surface area contributed by atoms with E-state index in [-0.39, 0.29) is 0 Å². The number of aryl methyl sites for hydroxylation is 2. The highest BCUT2D eigenvalue weighted by Crippen LogP contribution is 2.14. The molecule has 0 aromatic carbocycles. The second-order valence-electron chi connectivity index (χ2n) is 4.62. The molecule has 2 rings (SSSR count). The predicted molar refractivity (Wildman–Crippen MR) is 72.8 cm³/mol. The maximum Gasteiger partial charge on any atom is 0.224 e. The van der Waals surface area contributed by atoms with Crippen LogP contribution in [0.2, 0.25) is 0 Å². The number of imidazole rings is 1. The Morgan fingerprint density at radius 3 is 2.78 bits per heavy atom. The van der Waals surface area contributed by atoms with Crippen LogP contribution in [-0.2, 0) is 6.54 Å². The Balaban J connectivity index is 2.27. The molecule has 0 aliphatic heterocycles. The van der Waals surface area contributed by atoms with Crippen LogP contribution in [0.15, 0.2) is 6.20 Å². The van der Waals surface area contributed by atoms with Crippen molar-refractivity contribution in [2.45, 2.75) is 19.9 Å². The predicted octanol–water partition coefficient (Wildman–Crippen LogP) is 1.13. The summed E-state index contributed by atoms with van der Waals surface area (Å²) in [5.41, 5.74) is 1.77. The van der Waals surface area contributed by atoms with Gasteiger partial charge in [0, 0.05) is 13.6 Å². The Labute approximate surface area is 107 Å². The Bertz CT molecular complexity index is 531. The molecular formula is C12H20N6. The molecule has 98 valence electrons. The third-order valence-corrected chi connectivity index (χ3v) is 2.89. The minimum Gasteiger partial charge on any atom is -0.357 e. The summed E-state index contributed by atoms with van der Waals surface area (Å²) in [4.78, 5) is 15.3.